The fraction of sp³-hybridized carbons (Fsp3) is 0.100. The Morgan fingerprint density at radius 3 is 2.19 bits per heavy atom. The van der Waals surface area contributed by atoms with Gasteiger partial charge in [0, 0.05) is 10.9 Å². The average molecular weight is 494 g/mol. The van der Waals surface area contributed by atoms with Gasteiger partial charge in [-0.25, -0.2) is 14.4 Å². The van der Waals surface area contributed by atoms with Crippen molar-refractivity contribution in [2.45, 2.75) is 19.6 Å². The van der Waals surface area contributed by atoms with Crippen molar-refractivity contribution >= 4 is 33.8 Å². The van der Waals surface area contributed by atoms with Gasteiger partial charge in [0.25, 0.3) is 0 Å². The molecule has 0 saturated carbocycles. The second kappa shape index (κ2) is 10.4. The molecule has 0 fully saturated rings. The highest BCUT2D eigenvalue weighted by Gasteiger charge is 2.26. The molecular weight excluding hydrogens is 470 g/mol. The molecule has 37 heavy (non-hydrogen) atoms. The second-order valence-electron chi connectivity index (χ2n) is 8.47. The van der Waals surface area contributed by atoms with E-state index in [2.05, 4.69) is 5.32 Å². The minimum absolute atomic E-state index is 0.0556. The highest BCUT2D eigenvalue weighted by Crippen LogP contribution is 2.31. The van der Waals surface area contributed by atoms with Gasteiger partial charge in [0.05, 0.1) is 5.39 Å². The molecule has 4 aromatic carbocycles. The van der Waals surface area contributed by atoms with Crippen molar-refractivity contribution in [2.75, 3.05) is 0 Å². The van der Waals surface area contributed by atoms with Crippen LogP contribution in [0.4, 0.5) is 4.79 Å². The van der Waals surface area contributed by atoms with Crippen LogP contribution in [-0.2, 0) is 16.1 Å². The number of hydrogen-bond acceptors (Lipinski definition) is 6. The standard InChI is InChI=1S/C30H23NO6/c1-19-25(17-16-23-22-14-8-9-15-24(22)28(32)37-27(19)23)36-29(33)26(21-12-6-3-7-13-21)31-30(34)35-18-20-10-4-2-5-11-20/h2-17,26H,18H2,1H3,(H,31,34)/t26-/m0/s1. The Labute approximate surface area is 212 Å². The molecule has 1 N–H and O–H groups in total. The number of carbonyl (C=O) groups is 2. The van der Waals surface area contributed by atoms with Crippen LogP contribution < -0.4 is 15.7 Å². The van der Waals surface area contributed by atoms with Gasteiger partial charge in [-0.1, -0.05) is 78.9 Å². The number of alkyl carbamates (subject to hydrolysis) is 1. The molecule has 5 rings (SSSR count). The SMILES string of the molecule is Cc1c(OC(=O)[C@@H](NC(=O)OCc2ccccc2)c2ccccc2)ccc2c1oc(=O)c1ccccc12. The number of ether oxygens (including phenoxy) is 2. The lowest BCUT2D eigenvalue weighted by atomic mass is 10.0. The molecule has 0 bridgehead atoms. The maximum atomic E-state index is 13.3. The molecule has 0 aliphatic carbocycles. The third-order valence-corrected chi connectivity index (χ3v) is 6.04. The Morgan fingerprint density at radius 1 is 0.811 bits per heavy atom. The number of fused-ring (bicyclic) bond motifs is 3. The number of nitrogens with one attached hydrogen (secondary N) is 1. The Morgan fingerprint density at radius 2 is 1.46 bits per heavy atom. The molecule has 0 aliphatic rings. The first kappa shape index (κ1) is 23.8. The van der Waals surface area contributed by atoms with Gasteiger partial charge in [0.15, 0.2) is 6.04 Å². The minimum atomic E-state index is -1.12. The largest absolute Gasteiger partial charge is 0.445 e. The van der Waals surface area contributed by atoms with E-state index >= 15 is 0 Å². The van der Waals surface area contributed by atoms with Crippen LogP contribution in [0.3, 0.4) is 0 Å². The molecule has 5 aromatic rings. The minimum Gasteiger partial charge on any atom is -0.445 e. The van der Waals surface area contributed by atoms with E-state index in [1.807, 2.05) is 42.5 Å². The number of hydrogen-bond donors (Lipinski definition) is 1. The molecule has 0 unspecified atom stereocenters. The maximum Gasteiger partial charge on any atom is 0.408 e. The van der Waals surface area contributed by atoms with Crippen molar-refractivity contribution < 1.29 is 23.5 Å². The lowest BCUT2D eigenvalue weighted by Crippen LogP contribution is -2.36. The summed E-state index contributed by atoms with van der Waals surface area (Å²) in [5.41, 5.74) is 1.70. The molecule has 0 saturated heterocycles. The van der Waals surface area contributed by atoms with Crippen molar-refractivity contribution in [3.63, 3.8) is 0 Å². The maximum absolute atomic E-state index is 13.3. The second-order valence-corrected chi connectivity index (χ2v) is 8.47. The predicted molar refractivity (Wildman–Crippen MR) is 139 cm³/mol. The lowest BCUT2D eigenvalue weighted by molar-refractivity contribution is -0.136. The van der Waals surface area contributed by atoms with Crippen LogP contribution in [0.5, 0.6) is 5.75 Å². The van der Waals surface area contributed by atoms with Gasteiger partial charge in [-0.2, -0.15) is 0 Å². The number of esters is 1. The number of rotatable bonds is 6. The highest BCUT2D eigenvalue weighted by atomic mass is 16.6. The zero-order valence-corrected chi connectivity index (χ0v) is 20.0. The lowest BCUT2D eigenvalue weighted by Gasteiger charge is -2.19. The molecule has 7 heteroatoms. The monoisotopic (exact) mass is 493 g/mol. The molecule has 1 atom stereocenters. The summed E-state index contributed by atoms with van der Waals surface area (Å²) in [5, 5.41) is 4.56. The number of carbonyl (C=O) groups excluding carboxylic acids is 2. The Bertz CT molecular complexity index is 1640. The first-order valence-electron chi connectivity index (χ1n) is 11.7. The third kappa shape index (κ3) is 5.06. The smallest absolute Gasteiger partial charge is 0.408 e. The van der Waals surface area contributed by atoms with Gasteiger partial charge in [0.2, 0.25) is 0 Å². The van der Waals surface area contributed by atoms with Crippen molar-refractivity contribution in [1.82, 2.24) is 5.32 Å². The van der Waals surface area contributed by atoms with E-state index in [4.69, 9.17) is 13.9 Å². The van der Waals surface area contributed by atoms with E-state index in [1.54, 1.807) is 61.5 Å². The number of benzene rings is 4. The van der Waals surface area contributed by atoms with E-state index in [-0.39, 0.29) is 12.4 Å². The first-order valence-corrected chi connectivity index (χ1v) is 11.7. The van der Waals surface area contributed by atoms with Gasteiger partial charge in [-0.05, 0) is 41.6 Å². The predicted octanol–water partition coefficient (Wildman–Crippen LogP) is 5.83. The number of aryl methyl sites for hydroxylation is 1. The Kier molecular flexibility index (Phi) is 6.68. The van der Waals surface area contributed by atoms with Crippen LogP contribution >= 0.6 is 0 Å². The highest BCUT2D eigenvalue weighted by molar-refractivity contribution is 6.05. The average Bonchev–Trinajstić information content (AvgIpc) is 2.93. The van der Waals surface area contributed by atoms with Crippen LogP contribution in [0.15, 0.2) is 106 Å². The topological polar surface area (TPSA) is 94.8 Å². The van der Waals surface area contributed by atoms with Crippen molar-refractivity contribution in [3.05, 3.63) is 124 Å². The molecule has 0 aliphatic heterocycles. The van der Waals surface area contributed by atoms with Crippen LogP contribution in [0.1, 0.15) is 22.7 Å². The fourth-order valence-electron chi connectivity index (χ4n) is 4.15. The van der Waals surface area contributed by atoms with Crippen molar-refractivity contribution in [2.24, 2.45) is 0 Å². The van der Waals surface area contributed by atoms with Crippen molar-refractivity contribution in [1.29, 1.82) is 0 Å². The summed E-state index contributed by atoms with van der Waals surface area (Å²) in [7, 11) is 0. The summed E-state index contributed by atoms with van der Waals surface area (Å²) in [6.07, 6.45) is -0.762. The van der Waals surface area contributed by atoms with E-state index < -0.39 is 23.7 Å². The van der Waals surface area contributed by atoms with Gasteiger partial charge < -0.3 is 19.2 Å². The molecule has 0 radical (unpaired) electrons. The van der Waals surface area contributed by atoms with Gasteiger partial charge in [-0.3, -0.25) is 0 Å². The summed E-state index contributed by atoms with van der Waals surface area (Å²) < 4.78 is 16.6. The normalized spacial score (nSPS) is 11.7. The molecule has 184 valence electrons. The fourth-order valence-corrected chi connectivity index (χ4v) is 4.15. The summed E-state index contributed by atoms with van der Waals surface area (Å²) >= 11 is 0. The zero-order chi connectivity index (χ0) is 25.8. The summed E-state index contributed by atoms with van der Waals surface area (Å²) in [6.45, 7) is 1.77. The summed E-state index contributed by atoms with van der Waals surface area (Å²) in [6, 6.07) is 27.4. The van der Waals surface area contributed by atoms with E-state index in [0.29, 0.717) is 22.1 Å². The third-order valence-electron chi connectivity index (χ3n) is 6.04. The summed E-state index contributed by atoms with van der Waals surface area (Å²) in [4.78, 5) is 38.4. The zero-order valence-electron chi connectivity index (χ0n) is 20.0. The van der Waals surface area contributed by atoms with Crippen molar-refractivity contribution in [3.8, 4) is 5.75 Å². The van der Waals surface area contributed by atoms with Crippen LogP contribution in [-0.4, -0.2) is 12.1 Å². The molecule has 1 aromatic heterocycles. The Hall–Kier alpha value is -4.91. The molecule has 7 nitrogen and oxygen atoms in total. The first-order chi connectivity index (χ1) is 18.0. The van der Waals surface area contributed by atoms with Crippen LogP contribution in [0, 0.1) is 6.92 Å². The van der Waals surface area contributed by atoms with Gasteiger partial charge >= 0.3 is 17.7 Å². The molecule has 1 amide bonds. The number of amides is 1. The molecular formula is C30H23NO6. The molecule has 0 spiro atoms. The Balaban J connectivity index is 1.41. The van der Waals surface area contributed by atoms with Crippen LogP contribution in [0.25, 0.3) is 21.7 Å². The summed E-state index contributed by atoms with van der Waals surface area (Å²) in [5.74, 6) is -0.496. The van der Waals surface area contributed by atoms with Gasteiger partial charge in [-0.15, -0.1) is 0 Å². The van der Waals surface area contributed by atoms with E-state index in [0.717, 1.165) is 16.3 Å². The van der Waals surface area contributed by atoms with E-state index in [9.17, 15) is 14.4 Å². The van der Waals surface area contributed by atoms with Crippen LogP contribution in [0.2, 0.25) is 0 Å². The van der Waals surface area contributed by atoms with E-state index in [1.165, 1.54) is 0 Å². The molecule has 1 heterocycles. The van der Waals surface area contributed by atoms with Gasteiger partial charge in [0.1, 0.15) is 17.9 Å². The quantitative estimate of drug-likeness (QED) is 0.138.